The van der Waals surface area contributed by atoms with Crippen LogP contribution >= 0.6 is 11.3 Å². The molecule has 2 aromatic heterocycles. The van der Waals surface area contributed by atoms with Crippen LogP contribution < -0.4 is 15.5 Å². The molecule has 0 saturated carbocycles. The number of amides is 1. The molecule has 3 N–H and O–H groups in total. The summed E-state index contributed by atoms with van der Waals surface area (Å²) >= 11 is 1.08. The van der Waals surface area contributed by atoms with Crippen molar-refractivity contribution in [1.82, 2.24) is 15.3 Å². The van der Waals surface area contributed by atoms with Crippen LogP contribution in [0.3, 0.4) is 0 Å². The third kappa shape index (κ3) is 3.41. The van der Waals surface area contributed by atoms with Crippen molar-refractivity contribution in [3.05, 3.63) is 44.6 Å². The fraction of sp³-hybridized carbons (Fsp3) is 0.250. The van der Waals surface area contributed by atoms with Crippen LogP contribution in [0.2, 0.25) is 0 Å². The molecule has 2 aromatic rings. The molecular weight excluding hydrogens is 264 g/mol. The number of nitrogens with zero attached hydrogens (tertiary/aromatic N) is 1. The smallest absolute Gasteiger partial charge is 0.304 e. The Morgan fingerprint density at radius 2 is 2.37 bits per heavy atom. The Morgan fingerprint density at radius 3 is 3.05 bits per heavy atom. The standard InChI is InChI=1S/C12H14N4O2S/c1-2-13-10-9(4-3-5-14-10)11(17)15-6-8-7-19-12(18)16-8/h3-5,7H,2,6H2,1H3,(H,13,14)(H,15,17)(H,16,18). The summed E-state index contributed by atoms with van der Waals surface area (Å²) < 4.78 is 0. The van der Waals surface area contributed by atoms with E-state index in [1.807, 2.05) is 6.92 Å². The summed E-state index contributed by atoms with van der Waals surface area (Å²) in [6.45, 7) is 2.92. The molecule has 0 bridgehead atoms. The highest BCUT2D eigenvalue weighted by atomic mass is 32.1. The maximum absolute atomic E-state index is 12.0. The van der Waals surface area contributed by atoms with Crippen LogP contribution in [0.4, 0.5) is 5.82 Å². The van der Waals surface area contributed by atoms with E-state index < -0.39 is 0 Å². The molecule has 0 fully saturated rings. The third-order valence-electron chi connectivity index (χ3n) is 2.41. The van der Waals surface area contributed by atoms with Crippen molar-refractivity contribution >= 4 is 23.1 Å². The number of rotatable bonds is 5. The molecule has 0 aliphatic heterocycles. The lowest BCUT2D eigenvalue weighted by Gasteiger charge is -2.09. The molecule has 0 unspecified atom stereocenters. The minimum atomic E-state index is -0.226. The number of hydrogen-bond acceptors (Lipinski definition) is 5. The van der Waals surface area contributed by atoms with E-state index in [9.17, 15) is 9.59 Å². The zero-order valence-electron chi connectivity index (χ0n) is 10.4. The quantitative estimate of drug-likeness (QED) is 0.767. The molecule has 19 heavy (non-hydrogen) atoms. The molecule has 100 valence electrons. The van der Waals surface area contributed by atoms with E-state index in [1.54, 1.807) is 23.7 Å². The molecule has 0 radical (unpaired) electrons. The molecule has 1 amide bonds. The maximum atomic E-state index is 12.0. The fourth-order valence-electron chi connectivity index (χ4n) is 1.57. The first-order valence-corrected chi connectivity index (χ1v) is 6.72. The van der Waals surface area contributed by atoms with Crippen molar-refractivity contribution in [2.45, 2.75) is 13.5 Å². The zero-order chi connectivity index (χ0) is 13.7. The van der Waals surface area contributed by atoms with Gasteiger partial charge in [0, 0.05) is 23.8 Å². The van der Waals surface area contributed by atoms with Gasteiger partial charge in [-0.2, -0.15) is 0 Å². The highest BCUT2D eigenvalue weighted by Gasteiger charge is 2.11. The number of carbonyl (C=O) groups excluding carboxylic acids is 1. The highest BCUT2D eigenvalue weighted by molar-refractivity contribution is 7.07. The van der Waals surface area contributed by atoms with Crippen LogP contribution in [0.5, 0.6) is 0 Å². The van der Waals surface area contributed by atoms with Gasteiger partial charge in [0.05, 0.1) is 12.1 Å². The van der Waals surface area contributed by atoms with E-state index in [2.05, 4.69) is 20.6 Å². The number of hydrogen-bond donors (Lipinski definition) is 3. The lowest BCUT2D eigenvalue weighted by Crippen LogP contribution is -2.24. The second-order valence-corrected chi connectivity index (χ2v) is 4.63. The maximum Gasteiger partial charge on any atom is 0.304 e. The van der Waals surface area contributed by atoms with Crippen molar-refractivity contribution in [1.29, 1.82) is 0 Å². The Kier molecular flexibility index (Phi) is 4.30. The van der Waals surface area contributed by atoms with Crippen molar-refractivity contribution < 1.29 is 4.79 Å². The van der Waals surface area contributed by atoms with Crippen molar-refractivity contribution in [3.63, 3.8) is 0 Å². The zero-order valence-corrected chi connectivity index (χ0v) is 11.2. The van der Waals surface area contributed by atoms with Gasteiger partial charge in [0.2, 0.25) is 0 Å². The van der Waals surface area contributed by atoms with Gasteiger partial charge in [0.1, 0.15) is 5.82 Å². The monoisotopic (exact) mass is 278 g/mol. The number of thiazole rings is 1. The van der Waals surface area contributed by atoms with Crippen LogP contribution in [0.1, 0.15) is 23.0 Å². The average molecular weight is 278 g/mol. The van der Waals surface area contributed by atoms with Crippen molar-refractivity contribution in [3.8, 4) is 0 Å². The van der Waals surface area contributed by atoms with Crippen LogP contribution in [-0.2, 0) is 6.54 Å². The summed E-state index contributed by atoms with van der Waals surface area (Å²) in [7, 11) is 0. The van der Waals surface area contributed by atoms with Gasteiger partial charge in [-0.15, -0.1) is 0 Å². The Hall–Kier alpha value is -2.15. The summed E-state index contributed by atoms with van der Waals surface area (Å²) in [4.78, 5) is 29.6. The van der Waals surface area contributed by atoms with Gasteiger partial charge in [-0.1, -0.05) is 11.3 Å². The van der Waals surface area contributed by atoms with E-state index >= 15 is 0 Å². The second-order valence-electron chi connectivity index (χ2n) is 3.79. The van der Waals surface area contributed by atoms with E-state index in [4.69, 9.17) is 0 Å². The molecule has 0 saturated heterocycles. The van der Waals surface area contributed by atoms with Crippen molar-refractivity contribution in [2.75, 3.05) is 11.9 Å². The normalized spacial score (nSPS) is 10.2. The predicted octanol–water partition coefficient (Wildman–Crippen LogP) is 1.19. The number of aromatic nitrogens is 2. The van der Waals surface area contributed by atoms with E-state index in [0.717, 1.165) is 11.3 Å². The molecular formula is C12H14N4O2S. The van der Waals surface area contributed by atoms with Gasteiger partial charge >= 0.3 is 4.87 Å². The molecule has 0 aliphatic carbocycles. The fourth-order valence-corrected chi connectivity index (χ4v) is 2.15. The first-order valence-electron chi connectivity index (χ1n) is 5.84. The number of H-pyrrole nitrogens is 1. The van der Waals surface area contributed by atoms with Gasteiger partial charge in [-0.25, -0.2) is 4.98 Å². The largest absolute Gasteiger partial charge is 0.370 e. The number of aromatic amines is 1. The Morgan fingerprint density at radius 1 is 1.53 bits per heavy atom. The highest BCUT2D eigenvalue weighted by Crippen LogP contribution is 2.11. The topological polar surface area (TPSA) is 86.9 Å². The molecule has 2 rings (SSSR count). The van der Waals surface area contributed by atoms with E-state index in [-0.39, 0.29) is 17.3 Å². The predicted molar refractivity (Wildman–Crippen MR) is 74.5 cm³/mol. The van der Waals surface area contributed by atoms with Gasteiger partial charge in [0.25, 0.3) is 5.91 Å². The summed E-state index contributed by atoms with van der Waals surface area (Å²) in [5.41, 5.74) is 1.18. The lowest BCUT2D eigenvalue weighted by atomic mass is 10.2. The molecule has 0 aliphatic rings. The molecule has 0 aromatic carbocycles. The summed E-state index contributed by atoms with van der Waals surface area (Å²) in [5, 5.41) is 7.47. The number of nitrogens with one attached hydrogen (secondary N) is 3. The summed E-state index contributed by atoms with van der Waals surface area (Å²) in [6, 6.07) is 3.42. The van der Waals surface area contributed by atoms with Crippen LogP contribution in [0, 0.1) is 0 Å². The van der Waals surface area contributed by atoms with E-state index in [0.29, 0.717) is 23.6 Å². The Bertz CT molecular complexity index is 620. The summed E-state index contributed by atoms with van der Waals surface area (Å²) in [5.74, 6) is 0.331. The number of carbonyl (C=O) groups is 1. The number of pyridine rings is 1. The molecule has 2 heterocycles. The molecule has 0 atom stereocenters. The van der Waals surface area contributed by atoms with E-state index in [1.165, 1.54) is 0 Å². The van der Waals surface area contributed by atoms with Crippen LogP contribution in [0.15, 0.2) is 28.5 Å². The van der Waals surface area contributed by atoms with Crippen molar-refractivity contribution in [2.24, 2.45) is 0 Å². The molecule has 6 nitrogen and oxygen atoms in total. The van der Waals surface area contributed by atoms with Gasteiger partial charge in [0.15, 0.2) is 0 Å². The number of anilines is 1. The molecule has 0 spiro atoms. The second kappa shape index (κ2) is 6.14. The molecule has 7 heteroatoms. The van der Waals surface area contributed by atoms with Crippen LogP contribution in [0.25, 0.3) is 0 Å². The first-order chi connectivity index (χ1) is 9.20. The minimum Gasteiger partial charge on any atom is -0.370 e. The van der Waals surface area contributed by atoms with Gasteiger partial charge in [-0.05, 0) is 19.1 Å². The minimum absolute atomic E-state index is 0.126. The first kappa shape index (κ1) is 13.3. The lowest BCUT2D eigenvalue weighted by molar-refractivity contribution is 0.0951. The van der Waals surface area contributed by atoms with Crippen LogP contribution in [-0.4, -0.2) is 22.4 Å². The Balaban J connectivity index is 2.05. The Labute approximate surface area is 113 Å². The average Bonchev–Trinajstić information content (AvgIpc) is 2.83. The van der Waals surface area contributed by atoms with Gasteiger partial charge < -0.3 is 15.6 Å². The SMILES string of the molecule is CCNc1ncccc1C(=O)NCc1csc(=O)[nH]1. The third-order valence-corrected chi connectivity index (χ3v) is 3.13. The summed E-state index contributed by atoms with van der Waals surface area (Å²) in [6.07, 6.45) is 1.63. The van der Waals surface area contributed by atoms with Gasteiger partial charge in [-0.3, -0.25) is 9.59 Å².